The first-order valence-corrected chi connectivity index (χ1v) is 7.43. The van der Waals surface area contributed by atoms with Gasteiger partial charge in [-0.2, -0.15) is 0 Å². The van der Waals surface area contributed by atoms with E-state index in [1.807, 2.05) is 13.8 Å². The summed E-state index contributed by atoms with van der Waals surface area (Å²) in [6, 6.07) is 2.36. The zero-order chi connectivity index (χ0) is 12.8. The zero-order valence-electron chi connectivity index (χ0n) is 10.4. The summed E-state index contributed by atoms with van der Waals surface area (Å²) in [5, 5.41) is 8.34. The van der Waals surface area contributed by atoms with E-state index in [0.29, 0.717) is 12.6 Å². The van der Waals surface area contributed by atoms with Crippen LogP contribution in [0, 0.1) is 5.92 Å². The maximum Gasteiger partial charge on any atom is 0.222 e. The lowest BCUT2D eigenvalue weighted by molar-refractivity contribution is -0.123. The van der Waals surface area contributed by atoms with Crippen LogP contribution in [0.15, 0.2) is 15.9 Å². The van der Waals surface area contributed by atoms with Crippen molar-refractivity contribution in [1.82, 2.24) is 10.6 Å². The number of amides is 1. The third-order valence-electron chi connectivity index (χ3n) is 2.44. The molecule has 0 spiro atoms. The van der Waals surface area contributed by atoms with Gasteiger partial charge in [-0.05, 0) is 34.3 Å². The number of carbonyl (C=O) groups excluding carboxylic acids is 1. The fourth-order valence-electron chi connectivity index (χ4n) is 1.39. The number of hydrogen-bond acceptors (Lipinski definition) is 3. The van der Waals surface area contributed by atoms with Crippen LogP contribution in [0.25, 0.3) is 0 Å². The molecule has 3 nitrogen and oxygen atoms in total. The van der Waals surface area contributed by atoms with E-state index in [-0.39, 0.29) is 11.8 Å². The Labute approximate surface area is 115 Å². The van der Waals surface area contributed by atoms with Gasteiger partial charge in [-0.25, -0.2) is 0 Å². The van der Waals surface area contributed by atoms with E-state index in [2.05, 4.69) is 44.9 Å². The second kappa shape index (κ2) is 7.13. The van der Waals surface area contributed by atoms with Crippen molar-refractivity contribution in [2.45, 2.75) is 26.8 Å². The molecule has 1 aromatic heterocycles. The van der Waals surface area contributed by atoms with Gasteiger partial charge in [-0.15, -0.1) is 11.3 Å². The van der Waals surface area contributed by atoms with Gasteiger partial charge < -0.3 is 10.6 Å². The standard InChI is InChI=1S/C12H19BrN2OS/c1-8(2)12(16)15-6-5-14-9(3)11-10(13)4-7-17-11/h4,7-9,14H,5-6H2,1-3H3,(H,15,16). The molecule has 2 N–H and O–H groups in total. The van der Waals surface area contributed by atoms with Crippen LogP contribution in [0.5, 0.6) is 0 Å². The first-order valence-electron chi connectivity index (χ1n) is 5.76. The summed E-state index contributed by atoms with van der Waals surface area (Å²) in [6.45, 7) is 7.37. The monoisotopic (exact) mass is 318 g/mol. The quantitative estimate of drug-likeness (QED) is 0.792. The Morgan fingerprint density at radius 1 is 1.41 bits per heavy atom. The Morgan fingerprint density at radius 3 is 2.65 bits per heavy atom. The molecular weight excluding hydrogens is 300 g/mol. The molecule has 0 fully saturated rings. The lowest BCUT2D eigenvalue weighted by Gasteiger charge is -2.14. The van der Waals surface area contributed by atoms with Crippen molar-refractivity contribution in [3.63, 3.8) is 0 Å². The summed E-state index contributed by atoms with van der Waals surface area (Å²) in [5.74, 6) is 0.163. The molecule has 17 heavy (non-hydrogen) atoms. The van der Waals surface area contributed by atoms with Crippen LogP contribution in [0.1, 0.15) is 31.7 Å². The molecule has 1 rings (SSSR count). The highest BCUT2D eigenvalue weighted by Gasteiger charge is 2.10. The van der Waals surface area contributed by atoms with Gasteiger partial charge in [0.2, 0.25) is 5.91 Å². The Morgan fingerprint density at radius 2 is 2.12 bits per heavy atom. The predicted octanol–water partition coefficient (Wildman–Crippen LogP) is 2.93. The number of halogens is 1. The molecule has 96 valence electrons. The SMILES string of the molecule is CC(C)C(=O)NCCNC(C)c1sccc1Br. The number of rotatable bonds is 6. The zero-order valence-corrected chi connectivity index (χ0v) is 12.8. The largest absolute Gasteiger partial charge is 0.355 e. The molecule has 5 heteroatoms. The second-order valence-corrected chi connectivity index (χ2v) is 6.06. The van der Waals surface area contributed by atoms with Crippen molar-refractivity contribution >= 4 is 33.2 Å². The van der Waals surface area contributed by atoms with Gasteiger partial charge in [-0.3, -0.25) is 4.79 Å². The lowest BCUT2D eigenvalue weighted by atomic mass is 10.2. The summed E-state index contributed by atoms with van der Waals surface area (Å²) in [7, 11) is 0. The Kier molecular flexibility index (Phi) is 6.16. The average Bonchev–Trinajstić information content (AvgIpc) is 2.70. The Balaban J connectivity index is 2.24. The average molecular weight is 319 g/mol. The summed E-state index contributed by atoms with van der Waals surface area (Å²) >= 11 is 5.25. The van der Waals surface area contributed by atoms with Crippen molar-refractivity contribution in [2.75, 3.05) is 13.1 Å². The van der Waals surface area contributed by atoms with E-state index in [4.69, 9.17) is 0 Å². The number of nitrogens with one attached hydrogen (secondary N) is 2. The topological polar surface area (TPSA) is 41.1 Å². The third-order valence-corrected chi connectivity index (χ3v) is 4.49. The molecule has 1 unspecified atom stereocenters. The second-order valence-electron chi connectivity index (χ2n) is 4.25. The van der Waals surface area contributed by atoms with E-state index < -0.39 is 0 Å². The highest BCUT2D eigenvalue weighted by Crippen LogP contribution is 2.28. The summed E-state index contributed by atoms with van der Waals surface area (Å²) in [5.41, 5.74) is 0. The van der Waals surface area contributed by atoms with E-state index in [0.717, 1.165) is 11.0 Å². The highest BCUT2D eigenvalue weighted by atomic mass is 79.9. The summed E-state index contributed by atoms with van der Waals surface area (Å²) in [6.07, 6.45) is 0. The number of thiophene rings is 1. The maximum atomic E-state index is 11.3. The van der Waals surface area contributed by atoms with Gasteiger partial charge in [0, 0.05) is 34.4 Å². The van der Waals surface area contributed by atoms with Crippen LogP contribution in [-0.4, -0.2) is 19.0 Å². The first-order chi connectivity index (χ1) is 8.02. The van der Waals surface area contributed by atoms with Gasteiger partial charge >= 0.3 is 0 Å². The van der Waals surface area contributed by atoms with Crippen LogP contribution in [-0.2, 0) is 4.79 Å². The van der Waals surface area contributed by atoms with Gasteiger partial charge in [0.05, 0.1) is 0 Å². The fourth-order valence-corrected chi connectivity index (χ4v) is 3.14. The van der Waals surface area contributed by atoms with Crippen molar-refractivity contribution in [1.29, 1.82) is 0 Å². The van der Waals surface area contributed by atoms with E-state index in [1.165, 1.54) is 4.88 Å². The molecule has 0 aliphatic carbocycles. The normalized spacial score (nSPS) is 12.8. The van der Waals surface area contributed by atoms with Gasteiger partial charge in [0.1, 0.15) is 0 Å². The fraction of sp³-hybridized carbons (Fsp3) is 0.583. The summed E-state index contributed by atoms with van der Waals surface area (Å²) < 4.78 is 1.15. The Hall–Kier alpha value is -0.390. The molecule has 0 aliphatic rings. The van der Waals surface area contributed by atoms with Crippen LogP contribution >= 0.6 is 27.3 Å². The van der Waals surface area contributed by atoms with Gasteiger partial charge in [-0.1, -0.05) is 13.8 Å². The van der Waals surface area contributed by atoms with E-state index in [9.17, 15) is 4.79 Å². The molecule has 0 aromatic carbocycles. The molecule has 1 aromatic rings. The molecular formula is C12H19BrN2OS. The minimum absolute atomic E-state index is 0.0545. The Bertz CT molecular complexity index is 365. The first kappa shape index (κ1) is 14.7. The maximum absolute atomic E-state index is 11.3. The minimum Gasteiger partial charge on any atom is -0.355 e. The predicted molar refractivity (Wildman–Crippen MR) is 76.3 cm³/mol. The molecule has 0 radical (unpaired) electrons. The number of hydrogen-bond donors (Lipinski definition) is 2. The van der Waals surface area contributed by atoms with Crippen molar-refractivity contribution in [3.8, 4) is 0 Å². The van der Waals surface area contributed by atoms with E-state index >= 15 is 0 Å². The highest BCUT2D eigenvalue weighted by molar-refractivity contribution is 9.10. The van der Waals surface area contributed by atoms with Crippen LogP contribution in [0.4, 0.5) is 0 Å². The lowest BCUT2D eigenvalue weighted by Crippen LogP contribution is -2.34. The van der Waals surface area contributed by atoms with Crippen molar-refractivity contribution in [3.05, 3.63) is 20.8 Å². The van der Waals surface area contributed by atoms with Crippen molar-refractivity contribution < 1.29 is 4.79 Å². The van der Waals surface area contributed by atoms with Gasteiger partial charge in [0.15, 0.2) is 0 Å². The summed E-state index contributed by atoms with van der Waals surface area (Å²) in [4.78, 5) is 12.6. The van der Waals surface area contributed by atoms with Crippen LogP contribution < -0.4 is 10.6 Å². The van der Waals surface area contributed by atoms with E-state index in [1.54, 1.807) is 11.3 Å². The molecule has 0 saturated heterocycles. The molecule has 1 heterocycles. The molecule has 1 amide bonds. The van der Waals surface area contributed by atoms with Crippen molar-refractivity contribution in [2.24, 2.45) is 5.92 Å². The van der Waals surface area contributed by atoms with Crippen LogP contribution in [0.3, 0.4) is 0 Å². The smallest absolute Gasteiger partial charge is 0.222 e. The molecule has 0 saturated carbocycles. The minimum atomic E-state index is 0.0545. The molecule has 1 atom stereocenters. The molecule has 0 aliphatic heterocycles. The van der Waals surface area contributed by atoms with Gasteiger partial charge in [0.25, 0.3) is 0 Å². The molecule has 0 bridgehead atoms. The number of carbonyl (C=O) groups is 1. The van der Waals surface area contributed by atoms with Crippen LogP contribution in [0.2, 0.25) is 0 Å². The third kappa shape index (κ3) is 4.77.